The summed E-state index contributed by atoms with van der Waals surface area (Å²) in [5.74, 6) is -0.188. The van der Waals surface area contributed by atoms with Crippen molar-refractivity contribution < 1.29 is 14.0 Å². The fraction of sp³-hybridized carbons (Fsp3) is 0.360. The summed E-state index contributed by atoms with van der Waals surface area (Å²) in [7, 11) is 2.17. The Bertz CT molecular complexity index is 1060. The van der Waals surface area contributed by atoms with Crippen molar-refractivity contribution in [1.29, 1.82) is 0 Å². The molecule has 1 aliphatic heterocycles. The predicted molar refractivity (Wildman–Crippen MR) is 131 cm³/mol. The Morgan fingerprint density at radius 2 is 1.94 bits per heavy atom. The van der Waals surface area contributed by atoms with Gasteiger partial charge in [0, 0.05) is 38.8 Å². The Labute approximate surface area is 198 Å². The first-order chi connectivity index (χ1) is 16.0. The maximum Gasteiger partial charge on any atom is 0.291 e. The molecule has 1 saturated heterocycles. The van der Waals surface area contributed by atoms with Crippen LogP contribution in [0.1, 0.15) is 43.8 Å². The highest BCUT2D eigenvalue weighted by Crippen LogP contribution is 2.27. The largest absolute Gasteiger partial charge is 0.459 e. The Hall–Kier alpha value is -2.94. The smallest absolute Gasteiger partial charge is 0.291 e. The van der Waals surface area contributed by atoms with Crippen molar-refractivity contribution in [3.8, 4) is 0 Å². The van der Waals surface area contributed by atoms with Crippen LogP contribution in [-0.4, -0.2) is 61.4 Å². The number of hydrogen-bond acceptors (Lipinski definition) is 6. The quantitative estimate of drug-likeness (QED) is 0.491. The number of benzene rings is 1. The monoisotopic (exact) mass is 466 g/mol. The summed E-state index contributed by atoms with van der Waals surface area (Å²) in [6.07, 6.45) is 2.34. The molecule has 4 rings (SSSR count). The lowest BCUT2D eigenvalue weighted by molar-refractivity contribution is 0.0866. The minimum absolute atomic E-state index is 0.103. The van der Waals surface area contributed by atoms with E-state index in [1.54, 1.807) is 12.1 Å². The van der Waals surface area contributed by atoms with E-state index in [4.69, 9.17) is 4.42 Å². The highest BCUT2D eigenvalue weighted by Gasteiger charge is 2.26. The molecular weight excluding hydrogens is 436 g/mol. The van der Waals surface area contributed by atoms with Crippen LogP contribution < -0.4 is 10.6 Å². The number of carbonyl (C=O) groups excluding carboxylic acids is 2. The lowest BCUT2D eigenvalue weighted by atomic mass is 10.0. The molecule has 8 heteroatoms. The van der Waals surface area contributed by atoms with Gasteiger partial charge in [-0.25, -0.2) is 0 Å². The number of anilines is 1. The molecule has 0 bridgehead atoms. The van der Waals surface area contributed by atoms with Crippen molar-refractivity contribution in [3.05, 3.63) is 76.6 Å². The predicted octanol–water partition coefficient (Wildman–Crippen LogP) is 4.01. The van der Waals surface area contributed by atoms with Gasteiger partial charge in [0.25, 0.3) is 11.8 Å². The van der Waals surface area contributed by atoms with Gasteiger partial charge in [0.05, 0.1) is 16.1 Å². The molecule has 2 N–H and O–H groups in total. The third-order valence-electron chi connectivity index (χ3n) is 5.89. The second-order valence-corrected chi connectivity index (χ2v) is 9.44. The molecule has 1 unspecified atom stereocenters. The number of piperazine rings is 1. The zero-order valence-corrected chi connectivity index (χ0v) is 19.9. The van der Waals surface area contributed by atoms with Crippen molar-refractivity contribution in [1.82, 2.24) is 15.1 Å². The summed E-state index contributed by atoms with van der Waals surface area (Å²) >= 11 is 1.28. The number of hydrogen-bond donors (Lipinski definition) is 2. The average molecular weight is 467 g/mol. The van der Waals surface area contributed by atoms with Crippen LogP contribution in [0.2, 0.25) is 0 Å². The van der Waals surface area contributed by atoms with Crippen LogP contribution >= 0.6 is 11.3 Å². The molecule has 1 atom stereocenters. The third kappa shape index (κ3) is 5.90. The molecule has 3 heterocycles. The van der Waals surface area contributed by atoms with Gasteiger partial charge < -0.3 is 20.0 Å². The first-order valence-electron chi connectivity index (χ1n) is 11.2. The van der Waals surface area contributed by atoms with E-state index in [-0.39, 0.29) is 17.6 Å². The van der Waals surface area contributed by atoms with E-state index < -0.39 is 0 Å². The highest BCUT2D eigenvalue weighted by molar-refractivity contribution is 7.18. The molecule has 33 heavy (non-hydrogen) atoms. The molecule has 2 amide bonds. The van der Waals surface area contributed by atoms with Gasteiger partial charge in [-0.1, -0.05) is 30.3 Å². The van der Waals surface area contributed by atoms with Crippen LogP contribution in [0.5, 0.6) is 0 Å². The Morgan fingerprint density at radius 1 is 1.12 bits per heavy atom. The maximum atomic E-state index is 12.7. The Kier molecular flexibility index (Phi) is 7.59. The van der Waals surface area contributed by atoms with Crippen molar-refractivity contribution in [2.75, 3.05) is 45.1 Å². The Morgan fingerprint density at radius 3 is 2.70 bits per heavy atom. The fourth-order valence-corrected chi connectivity index (χ4v) is 5.11. The summed E-state index contributed by atoms with van der Waals surface area (Å²) in [6, 6.07) is 16.1. The minimum atomic E-state index is -0.326. The van der Waals surface area contributed by atoms with Crippen molar-refractivity contribution >= 4 is 28.2 Å². The molecular formula is C25H30N4O3S. The molecule has 1 aliphatic rings. The number of carbonyl (C=O) groups is 2. The first kappa shape index (κ1) is 23.2. The van der Waals surface area contributed by atoms with Crippen LogP contribution in [0.3, 0.4) is 0 Å². The molecule has 0 aliphatic carbocycles. The molecule has 7 nitrogen and oxygen atoms in total. The zero-order chi connectivity index (χ0) is 23.2. The summed E-state index contributed by atoms with van der Waals surface area (Å²) in [6.45, 7) is 6.50. The van der Waals surface area contributed by atoms with Gasteiger partial charge in [0.2, 0.25) is 0 Å². The highest BCUT2D eigenvalue weighted by atomic mass is 32.1. The van der Waals surface area contributed by atoms with Crippen LogP contribution in [0, 0.1) is 6.92 Å². The summed E-state index contributed by atoms with van der Waals surface area (Å²) in [5.41, 5.74) is 2.18. The molecule has 0 radical (unpaired) electrons. The topological polar surface area (TPSA) is 77.8 Å². The van der Waals surface area contributed by atoms with Gasteiger partial charge >= 0.3 is 0 Å². The number of thiophene rings is 1. The van der Waals surface area contributed by atoms with Gasteiger partial charge in [0.15, 0.2) is 5.76 Å². The van der Waals surface area contributed by atoms with Crippen molar-refractivity contribution in [2.45, 2.75) is 19.4 Å². The molecule has 3 aromatic rings. The number of amides is 2. The standard InChI is InChI=1S/C25H30N4O3S/c1-18-16-22(27-24(30)21-10-6-15-32-21)33-23(18)25(31)26-11-7-12-29-14-13-28(2)17-20(29)19-8-4-3-5-9-19/h3-6,8-10,15-16,20H,7,11-14,17H2,1-2H3,(H,26,31)(H,27,30). The van der Waals surface area contributed by atoms with Crippen molar-refractivity contribution in [2.24, 2.45) is 0 Å². The lowest BCUT2D eigenvalue weighted by Crippen LogP contribution is -2.47. The van der Waals surface area contributed by atoms with Crippen LogP contribution in [0.25, 0.3) is 0 Å². The molecule has 1 aromatic carbocycles. The van der Waals surface area contributed by atoms with E-state index in [9.17, 15) is 9.59 Å². The molecule has 0 spiro atoms. The normalized spacial score (nSPS) is 17.1. The van der Waals surface area contributed by atoms with Gasteiger partial charge in [-0.05, 0) is 49.7 Å². The summed E-state index contributed by atoms with van der Waals surface area (Å²) < 4.78 is 5.12. The van der Waals surface area contributed by atoms with Crippen LogP contribution in [0.4, 0.5) is 5.00 Å². The van der Waals surface area contributed by atoms with E-state index in [2.05, 4.69) is 57.8 Å². The van der Waals surface area contributed by atoms with E-state index in [0.29, 0.717) is 22.5 Å². The molecule has 1 fully saturated rings. The lowest BCUT2D eigenvalue weighted by Gasteiger charge is -2.40. The fourth-order valence-electron chi connectivity index (χ4n) is 4.13. The number of rotatable bonds is 8. The first-order valence-corrected chi connectivity index (χ1v) is 12.0. The number of aryl methyl sites for hydroxylation is 1. The number of nitrogens with one attached hydrogen (secondary N) is 2. The molecule has 174 valence electrons. The molecule has 0 saturated carbocycles. The van der Waals surface area contributed by atoms with E-state index in [1.165, 1.54) is 23.2 Å². The van der Waals surface area contributed by atoms with Gasteiger partial charge in [-0.15, -0.1) is 11.3 Å². The SMILES string of the molecule is Cc1cc(NC(=O)c2ccco2)sc1C(=O)NCCCN1CCN(C)CC1c1ccccc1. The minimum Gasteiger partial charge on any atom is -0.459 e. The number of likely N-dealkylation sites (N-methyl/N-ethyl adjacent to an activating group) is 1. The van der Waals surface area contributed by atoms with Crippen molar-refractivity contribution in [3.63, 3.8) is 0 Å². The average Bonchev–Trinajstić information content (AvgIpc) is 3.48. The van der Waals surface area contributed by atoms with Crippen LogP contribution in [-0.2, 0) is 0 Å². The van der Waals surface area contributed by atoms with E-state index in [1.807, 2.05) is 13.0 Å². The van der Waals surface area contributed by atoms with Gasteiger partial charge in [0.1, 0.15) is 0 Å². The summed E-state index contributed by atoms with van der Waals surface area (Å²) in [5, 5.41) is 6.46. The van der Waals surface area contributed by atoms with E-state index in [0.717, 1.165) is 38.2 Å². The van der Waals surface area contributed by atoms with Gasteiger partial charge in [-0.3, -0.25) is 14.5 Å². The maximum absolute atomic E-state index is 12.7. The third-order valence-corrected chi connectivity index (χ3v) is 7.04. The Balaban J connectivity index is 1.28. The second kappa shape index (κ2) is 10.8. The summed E-state index contributed by atoms with van der Waals surface area (Å²) in [4.78, 5) is 30.4. The van der Waals surface area contributed by atoms with Crippen LogP contribution in [0.15, 0.2) is 59.2 Å². The zero-order valence-electron chi connectivity index (χ0n) is 19.0. The second-order valence-electron chi connectivity index (χ2n) is 8.39. The molecule has 2 aromatic heterocycles. The number of nitrogens with zero attached hydrogens (tertiary/aromatic N) is 2. The van der Waals surface area contributed by atoms with E-state index >= 15 is 0 Å². The van der Waals surface area contributed by atoms with Gasteiger partial charge in [-0.2, -0.15) is 0 Å². The number of furan rings is 1.